The van der Waals surface area contributed by atoms with E-state index in [0.29, 0.717) is 6.04 Å². The summed E-state index contributed by atoms with van der Waals surface area (Å²) < 4.78 is 0. The Kier molecular flexibility index (Phi) is 3.68. The Morgan fingerprint density at radius 1 is 1.32 bits per heavy atom. The fourth-order valence-corrected chi connectivity index (χ4v) is 2.75. The van der Waals surface area contributed by atoms with Crippen molar-refractivity contribution in [3.05, 3.63) is 29.3 Å². The van der Waals surface area contributed by atoms with Crippen LogP contribution in [0.3, 0.4) is 0 Å². The van der Waals surface area contributed by atoms with Crippen molar-refractivity contribution in [2.24, 2.45) is 0 Å². The lowest BCUT2D eigenvalue weighted by atomic mass is 10.0. The largest absolute Gasteiger partial charge is 0.311 e. The minimum atomic E-state index is -0.508. The third kappa shape index (κ3) is 2.81. The lowest BCUT2D eigenvalue weighted by Gasteiger charge is -2.30. The summed E-state index contributed by atoms with van der Waals surface area (Å²) in [5.74, 6) is 0.158. The molecule has 1 unspecified atom stereocenters. The van der Waals surface area contributed by atoms with Crippen LogP contribution in [0.1, 0.15) is 38.3 Å². The first-order chi connectivity index (χ1) is 8.81. The van der Waals surface area contributed by atoms with Gasteiger partial charge in [-0.05, 0) is 58.2 Å². The predicted octanol–water partition coefficient (Wildman–Crippen LogP) is 2.80. The molecule has 1 N–H and O–H groups in total. The second kappa shape index (κ2) is 4.97. The van der Waals surface area contributed by atoms with Gasteiger partial charge in [-0.1, -0.05) is 12.1 Å². The summed E-state index contributed by atoms with van der Waals surface area (Å²) in [7, 11) is 0. The quantitative estimate of drug-likeness (QED) is 0.842. The molecule has 1 saturated heterocycles. The molecular weight excluding hydrogens is 236 g/mol. The number of carbonyl (C=O) groups excluding carboxylic acids is 1. The second-order valence-electron chi connectivity index (χ2n) is 6.21. The molecule has 1 aliphatic rings. The number of anilines is 1. The van der Waals surface area contributed by atoms with E-state index in [-0.39, 0.29) is 5.91 Å². The molecular formula is C16H24N2O. The molecule has 1 atom stereocenters. The highest BCUT2D eigenvalue weighted by Crippen LogP contribution is 2.26. The van der Waals surface area contributed by atoms with Crippen molar-refractivity contribution in [2.45, 2.75) is 52.6 Å². The van der Waals surface area contributed by atoms with E-state index >= 15 is 0 Å². The zero-order valence-electron chi connectivity index (χ0n) is 12.6. The molecule has 0 aliphatic carbocycles. The Hall–Kier alpha value is -1.35. The predicted molar refractivity (Wildman–Crippen MR) is 79.6 cm³/mol. The van der Waals surface area contributed by atoms with Gasteiger partial charge in [0, 0.05) is 18.3 Å². The van der Waals surface area contributed by atoms with Crippen LogP contribution in [-0.4, -0.2) is 24.0 Å². The van der Waals surface area contributed by atoms with Crippen LogP contribution in [0.2, 0.25) is 0 Å². The summed E-state index contributed by atoms with van der Waals surface area (Å²) in [4.78, 5) is 14.7. The van der Waals surface area contributed by atoms with Crippen LogP contribution in [-0.2, 0) is 4.79 Å². The Labute approximate surface area is 116 Å². The second-order valence-corrected chi connectivity index (χ2v) is 6.21. The zero-order chi connectivity index (χ0) is 14.2. The number of benzene rings is 1. The summed E-state index contributed by atoms with van der Waals surface area (Å²) in [6.45, 7) is 11.0. The molecule has 0 radical (unpaired) electrons. The number of carbonyl (C=O) groups is 1. The van der Waals surface area contributed by atoms with Crippen LogP contribution < -0.4 is 10.2 Å². The van der Waals surface area contributed by atoms with Crippen molar-refractivity contribution < 1.29 is 4.79 Å². The van der Waals surface area contributed by atoms with E-state index in [1.54, 1.807) is 0 Å². The van der Waals surface area contributed by atoms with E-state index in [1.165, 1.54) is 5.56 Å². The number of aryl methyl sites for hydroxylation is 2. The first kappa shape index (κ1) is 14.1. The summed E-state index contributed by atoms with van der Waals surface area (Å²) in [5, 5.41) is 3.41. The number of nitrogens with one attached hydrogen (secondary N) is 1. The van der Waals surface area contributed by atoms with Gasteiger partial charge >= 0.3 is 0 Å². The molecule has 2 rings (SSSR count). The van der Waals surface area contributed by atoms with Gasteiger partial charge in [0.05, 0.1) is 5.54 Å². The molecule has 1 aliphatic heterocycles. The standard InChI is InChI=1S/C16H24N2O/c1-11-6-7-12(2)14(10-11)18-9-8-13(3)17-16(4,5)15(18)19/h6-7,10,13,17H,8-9H2,1-5H3. The fourth-order valence-electron chi connectivity index (χ4n) is 2.75. The Bertz CT molecular complexity index is 494. The minimum absolute atomic E-state index is 0.158. The van der Waals surface area contributed by atoms with Crippen LogP contribution >= 0.6 is 0 Å². The van der Waals surface area contributed by atoms with Gasteiger partial charge in [0.15, 0.2) is 0 Å². The normalized spacial score (nSPS) is 23.3. The SMILES string of the molecule is Cc1ccc(C)c(N2CCC(C)NC(C)(C)C2=O)c1. The molecule has 1 aromatic rings. The molecule has 0 saturated carbocycles. The lowest BCUT2D eigenvalue weighted by Crippen LogP contribution is -2.53. The number of rotatable bonds is 1. The molecule has 0 bridgehead atoms. The van der Waals surface area contributed by atoms with Crippen molar-refractivity contribution in [1.82, 2.24) is 5.32 Å². The van der Waals surface area contributed by atoms with Crippen LogP contribution in [0, 0.1) is 13.8 Å². The molecule has 0 spiro atoms. The van der Waals surface area contributed by atoms with Crippen molar-refractivity contribution in [3.63, 3.8) is 0 Å². The number of hydrogen-bond acceptors (Lipinski definition) is 2. The molecule has 104 valence electrons. The Morgan fingerprint density at radius 3 is 2.68 bits per heavy atom. The van der Waals surface area contributed by atoms with Gasteiger partial charge in [0.25, 0.3) is 0 Å². The van der Waals surface area contributed by atoms with Crippen LogP contribution in [0.25, 0.3) is 0 Å². The topological polar surface area (TPSA) is 32.3 Å². The van der Waals surface area contributed by atoms with Crippen LogP contribution in [0.4, 0.5) is 5.69 Å². The van der Waals surface area contributed by atoms with E-state index < -0.39 is 5.54 Å². The van der Waals surface area contributed by atoms with Gasteiger partial charge in [-0.3, -0.25) is 4.79 Å². The van der Waals surface area contributed by atoms with Gasteiger partial charge in [-0.2, -0.15) is 0 Å². The Balaban J connectivity index is 2.42. The van der Waals surface area contributed by atoms with Gasteiger partial charge in [-0.15, -0.1) is 0 Å². The summed E-state index contributed by atoms with van der Waals surface area (Å²) >= 11 is 0. The van der Waals surface area contributed by atoms with Gasteiger partial charge in [-0.25, -0.2) is 0 Å². The average Bonchev–Trinajstić information content (AvgIpc) is 2.41. The first-order valence-electron chi connectivity index (χ1n) is 6.98. The molecule has 1 amide bonds. The van der Waals surface area contributed by atoms with E-state index in [0.717, 1.165) is 24.2 Å². The molecule has 19 heavy (non-hydrogen) atoms. The Morgan fingerprint density at radius 2 is 2.00 bits per heavy atom. The summed E-state index contributed by atoms with van der Waals surface area (Å²) in [6, 6.07) is 6.65. The van der Waals surface area contributed by atoms with Crippen LogP contribution in [0.5, 0.6) is 0 Å². The van der Waals surface area contributed by atoms with E-state index in [1.807, 2.05) is 18.7 Å². The third-order valence-corrected chi connectivity index (χ3v) is 3.83. The highest BCUT2D eigenvalue weighted by atomic mass is 16.2. The van der Waals surface area contributed by atoms with Crippen molar-refractivity contribution in [3.8, 4) is 0 Å². The van der Waals surface area contributed by atoms with Crippen molar-refractivity contribution in [1.29, 1.82) is 0 Å². The number of nitrogens with zero attached hydrogens (tertiary/aromatic N) is 1. The van der Waals surface area contributed by atoms with Gasteiger partial charge < -0.3 is 10.2 Å². The monoisotopic (exact) mass is 260 g/mol. The third-order valence-electron chi connectivity index (χ3n) is 3.83. The summed E-state index contributed by atoms with van der Waals surface area (Å²) in [6.07, 6.45) is 0.975. The van der Waals surface area contributed by atoms with Crippen molar-refractivity contribution >= 4 is 11.6 Å². The van der Waals surface area contributed by atoms with Gasteiger partial charge in [0.1, 0.15) is 0 Å². The maximum Gasteiger partial charge on any atom is 0.246 e. The molecule has 3 nitrogen and oxygen atoms in total. The molecule has 3 heteroatoms. The maximum atomic E-state index is 12.7. The van der Waals surface area contributed by atoms with E-state index in [4.69, 9.17) is 0 Å². The molecule has 0 aromatic heterocycles. The highest BCUT2D eigenvalue weighted by molar-refractivity contribution is 6.00. The number of amides is 1. The molecule has 1 heterocycles. The van der Waals surface area contributed by atoms with Gasteiger partial charge in [0.2, 0.25) is 5.91 Å². The lowest BCUT2D eigenvalue weighted by molar-refractivity contribution is -0.123. The first-order valence-corrected chi connectivity index (χ1v) is 6.98. The minimum Gasteiger partial charge on any atom is -0.311 e. The number of hydrogen-bond donors (Lipinski definition) is 1. The highest BCUT2D eigenvalue weighted by Gasteiger charge is 2.36. The maximum absolute atomic E-state index is 12.7. The smallest absolute Gasteiger partial charge is 0.246 e. The summed E-state index contributed by atoms with van der Waals surface area (Å²) in [5.41, 5.74) is 2.89. The zero-order valence-corrected chi connectivity index (χ0v) is 12.6. The van der Waals surface area contributed by atoms with Crippen molar-refractivity contribution in [2.75, 3.05) is 11.4 Å². The van der Waals surface area contributed by atoms with E-state index in [9.17, 15) is 4.79 Å². The fraction of sp³-hybridized carbons (Fsp3) is 0.562. The molecule has 1 fully saturated rings. The average molecular weight is 260 g/mol. The van der Waals surface area contributed by atoms with E-state index in [2.05, 4.69) is 44.3 Å². The van der Waals surface area contributed by atoms with Crippen LogP contribution in [0.15, 0.2) is 18.2 Å². The molecule has 1 aromatic carbocycles.